The molecule has 0 aliphatic rings. The summed E-state index contributed by atoms with van der Waals surface area (Å²) in [5.74, 6) is 0. The highest BCUT2D eigenvalue weighted by Crippen LogP contribution is 2.27. The van der Waals surface area contributed by atoms with Gasteiger partial charge in [0.1, 0.15) is 18.3 Å². The van der Waals surface area contributed by atoms with Gasteiger partial charge >= 0.3 is 0 Å². The molecule has 0 saturated heterocycles. The van der Waals surface area contributed by atoms with E-state index in [0.29, 0.717) is 11.3 Å². The van der Waals surface area contributed by atoms with Crippen LogP contribution in [0.1, 0.15) is 5.56 Å². The molecule has 8 heteroatoms. The van der Waals surface area contributed by atoms with Gasteiger partial charge in [-0.05, 0) is 6.07 Å². The van der Waals surface area contributed by atoms with Crippen molar-refractivity contribution in [1.82, 2.24) is 14.9 Å². The molecule has 98 valence electrons. The second-order valence-corrected chi connectivity index (χ2v) is 3.99. The van der Waals surface area contributed by atoms with Crippen LogP contribution in [0.25, 0.3) is 0 Å². The highest BCUT2D eigenvalue weighted by atomic mass is 16.6. The summed E-state index contributed by atoms with van der Waals surface area (Å²) in [4.78, 5) is 12.3. The van der Waals surface area contributed by atoms with Gasteiger partial charge in [-0.1, -0.05) is 6.07 Å². The van der Waals surface area contributed by atoms with Crippen molar-refractivity contribution in [1.29, 1.82) is 0 Å². The molecule has 0 radical (unpaired) electrons. The highest BCUT2D eigenvalue weighted by Gasteiger charge is 2.15. The first-order chi connectivity index (χ1) is 9.08. The summed E-state index contributed by atoms with van der Waals surface area (Å²) < 4.78 is 1.41. The molecule has 0 spiro atoms. The van der Waals surface area contributed by atoms with Gasteiger partial charge in [-0.25, -0.2) is 4.68 Å². The molecular formula is C11H12N6O2. The summed E-state index contributed by atoms with van der Waals surface area (Å²) in [5.41, 5.74) is 1.22. The minimum Gasteiger partial charge on any atom is -0.372 e. The molecule has 0 unspecified atom stereocenters. The lowest BCUT2D eigenvalue weighted by atomic mass is 10.2. The van der Waals surface area contributed by atoms with Gasteiger partial charge in [-0.2, -0.15) is 5.10 Å². The maximum atomic E-state index is 11.0. The molecule has 2 rings (SSSR count). The molecule has 2 aromatic rings. The van der Waals surface area contributed by atoms with Crippen molar-refractivity contribution in [3.05, 3.63) is 46.5 Å². The molecule has 1 aromatic carbocycles. The van der Waals surface area contributed by atoms with Crippen LogP contribution in [0.5, 0.6) is 0 Å². The van der Waals surface area contributed by atoms with E-state index in [1.165, 1.54) is 29.6 Å². The minimum absolute atomic E-state index is 0.0395. The molecular weight excluding hydrogens is 248 g/mol. The SMILES string of the molecule is CN(C)c1ccc(C=Nn2cnnc2)cc1[N+](=O)[O-]. The molecule has 19 heavy (non-hydrogen) atoms. The van der Waals surface area contributed by atoms with Crippen LogP contribution < -0.4 is 4.90 Å². The van der Waals surface area contributed by atoms with Crippen molar-refractivity contribution in [3.63, 3.8) is 0 Å². The molecule has 0 atom stereocenters. The number of anilines is 1. The fourth-order valence-electron chi connectivity index (χ4n) is 1.53. The van der Waals surface area contributed by atoms with E-state index in [-0.39, 0.29) is 5.69 Å². The van der Waals surface area contributed by atoms with Crippen molar-refractivity contribution in [2.75, 3.05) is 19.0 Å². The number of nitro benzene ring substituents is 1. The van der Waals surface area contributed by atoms with Crippen LogP contribution in [0.2, 0.25) is 0 Å². The fourth-order valence-corrected chi connectivity index (χ4v) is 1.53. The minimum atomic E-state index is -0.411. The van der Waals surface area contributed by atoms with Crippen LogP contribution in [-0.4, -0.2) is 40.1 Å². The molecule has 8 nitrogen and oxygen atoms in total. The Balaban J connectivity index is 2.33. The van der Waals surface area contributed by atoms with Gasteiger partial charge in [0.05, 0.1) is 11.1 Å². The third-order valence-corrected chi connectivity index (χ3v) is 2.42. The summed E-state index contributed by atoms with van der Waals surface area (Å²) in [6.45, 7) is 0. The van der Waals surface area contributed by atoms with Crippen molar-refractivity contribution in [2.45, 2.75) is 0 Å². The van der Waals surface area contributed by atoms with Gasteiger partial charge < -0.3 is 4.90 Å². The monoisotopic (exact) mass is 260 g/mol. The topological polar surface area (TPSA) is 89.5 Å². The highest BCUT2D eigenvalue weighted by molar-refractivity contribution is 5.83. The second kappa shape index (κ2) is 5.25. The number of nitrogens with zero attached hydrogens (tertiary/aromatic N) is 6. The Hall–Kier alpha value is -2.77. The molecule has 0 saturated carbocycles. The number of benzene rings is 1. The van der Waals surface area contributed by atoms with Crippen LogP contribution in [-0.2, 0) is 0 Å². The first-order valence-corrected chi connectivity index (χ1v) is 5.42. The third kappa shape index (κ3) is 2.92. The zero-order chi connectivity index (χ0) is 13.8. The van der Waals surface area contributed by atoms with E-state index >= 15 is 0 Å². The van der Waals surface area contributed by atoms with Crippen molar-refractivity contribution < 1.29 is 4.92 Å². The van der Waals surface area contributed by atoms with E-state index < -0.39 is 4.92 Å². The third-order valence-electron chi connectivity index (χ3n) is 2.42. The first-order valence-electron chi connectivity index (χ1n) is 5.42. The quantitative estimate of drug-likeness (QED) is 0.467. The van der Waals surface area contributed by atoms with Crippen molar-refractivity contribution in [3.8, 4) is 0 Å². The average Bonchev–Trinajstić information content (AvgIpc) is 2.88. The van der Waals surface area contributed by atoms with Crippen LogP contribution >= 0.6 is 0 Å². The number of hydrogen-bond donors (Lipinski definition) is 0. The Morgan fingerprint density at radius 1 is 1.37 bits per heavy atom. The number of rotatable bonds is 4. The van der Waals surface area contributed by atoms with E-state index in [4.69, 9.17) is 0 Å². The van der Waals surface area contributed by atoms with Crippen molar-refractivity contribution in [2.24, 2.45) is 5.10 Å². The normalized spacial score (nSPS) is 10.8. The number of hydrogen-bond acceptors (Lipinski definition) is 6. The maximum Gasteiger partial charge on any atom is 0.293 e. The molecule has 0 fully saturated rings. The Labute approximate surface area is 109 Å². The zero-order valence-electron chi connectivity index (χ0n) is 10.5. The molecule has 0 aliphatic heterocycles. The van der Waals surface area contributed by atoms with Crippen LogP contribution in [0.15, 0.2) is 36.0 Å². The lowest BCUT2D eigenvalue weighted by Gasteiger charge is -2.12. The lowest BCUT2D eigenvalue weighted by Crippen LogP contribution is -2.11. The molecule has 1 aromatic heterocycles. The van der Waals surface area contributed by atoms with Crippen LogP contribution in [0.3, 0.4) is 0 Å². The van der Waals surface area contributed by atoms with Crippen molar-refractivity contribution >= 4 is 17.6 Å². The van der Waals surface area contributed by atoms with Gasteiger partial charge in [-0.15, -0.1) is 10.2 Å². The van der Waals surface area contributed by atoms with Crippen LogP contribution in [0.4, 0.5) is 11.4 Å². The second-order valence-electron chi connectivity index (χ2n) is 3.99. The predicted octanol–water partition coefficient (Wildman–Crippen LogP) is 1.13. The molecule has 0 N–H and O–H groups in total. The van der Waals surface area contributed by atoms with E-state index in [1.807, 2.05) is 0 Å². The van der Waals surface area contributed by atoms with Crippen LogP contribution in [0, 0.1) is 10.1 Å². The molecule has 1 heterocycles. The molecule has 0 amide bonds. The maximum absolute atomic E-state index is 11.0. The Morgan fingerprint density at radius 2 is 2.05 bits per heavy atom. The summed E-state index contributed by atoms with van der Waals surface area (Å²) in [6.07, 6.45) is 4.37. The largest absolute Gasteiger partial charge is 0.372 e. The number of aromatic nitrogens is 3. The fraction of sp³-hybridized carbons (Fsp3) is 0.182. The summed E-state index contributed by atoms with van der Waals surface area (Å²) >= 11 is 0. The lowest BCUT2D eigenvalue weighted by molar-refractivity contribution is -0.384. The number of nitro groups is 1. The van der Waals surface area contributed by atoms with Gasteiger partial charge in [-0.3, -0.25) is 10.1 Å². The van der Waals surface area contributed by atoms with Gasteiger partial charge in [0.25, 0.3) is 5.69 Å². The summed E-state index contributed by atoms with van der Waals surface area (Å²) in [7, 11) is 3.51. The predicted molar refractivity (Wildman–Crippen MR) is 70.4 cm³/mol. The summed E-state index contributed by atoms with van der Waals surface area (Å²) in [6, 6.07) is 4.92. The average molecular weight is 260 g/mol. The standard InChI is InChI=1S/C11H12N6O2/c1-15(2)10-4-3-9(5-11(10)17(18)19)6-14-16-7-12-13-8-16/h3-8H,1-2H3. The summed E-state index contributed by atoms with van der Waals surface area (Å²) in [5, 5.41) is 22.3. The first kappa shape index (κ1) is 12.7. The zero-order valence-corrected chi connectivity index (χ0v) is 10.5. The van der Waals surface area contributed by atoms with E-state index in [9.17, 15) is 10.1 Å². The smallest absolute Gasteiger partial charge is 0.293 e. The molecule has 0 aliphatic carbocycles. The van der Waals surface area contributed by atoms with Gasteiger partial charge in [0.15, 0.2) is 0 Å². The Bertz CT molecular complexity index is 606. The van der Waals surface area contributed by atoms with E-state index in [1.54, 1.807) is 31.1 Å². The Morgan fingerprint density at radius 3 is 2.63 bits per heavy atom. The Kier molecular flexibility index (Phi) is 3.51. The van der Waals surface area contributed by atoms with Gasteiger partial charge in [0.2, 0.25) is 0 Å². The van der Waals surface area contributed by atoms with E-state index in [0.717, 1.165) is 0 Å². The van der Waals surface area contributed by atoms with Gasteiger partial charge in [0, 0.05) is 25.7 Å². The molecule has 0 bridgehead atoms. The van der Waals surface area contributed by atoms with E-state index in [2.05, 4.69) is 15.3 Å².